The number of carbonyl (C=O) groups is 2. The number of benzene rings is 2. The molecule has 6 heteroatoms. The molecule has 0 aromatic heterocycles. The first-order valence-electron chi connectivity index (χ1n) is 11.4. The number of hydrogen-bond acceptors (Lipinski definition) is 3. The summed E-state index contributed by atoms with van der Waals surface area (Å²) in [4.78, 5) is 26.4. The van der Waals surface area contributed by atoms with Gasteiger partial charge in [-0.15, -0.1) is 0 Å². The Balaban J connectivity index is 1.42. The largest absolute Gasteiger partial charge is 0.390 e. The molecule has 0 spiro atoms. The van der Waals surface area contributed by atoms with Crippen molar-refractivity contribution in [3.05, 3.63) is 53.1 Å². The van der Waals surface area contributed by atoms with Gasteiger partial charge in [0.1, 0.15) is 0 Å². The molecule has 1 saturated heterocycles. The van der Waals surface area contributed by atoms with Gasteiger partial charge in [-0.2, -0.15) is 0 Å². The number of anilines is 1. The number of likely N-dealkylation sites (tertiary alicyclic amines) is 1. The van der Waals surface area contributed by atoms with Crippen molar-refractivity contribution in [2.24, 2.45) is 5.92 Å². The number of hydrogen-bond donors (Lipinski definition) is 2. The molecule has 2 amide bonds. The molecule has 32 heavy (non-hydrogen) atoms. The lowest BCUT2D eigenvalue weighted by atomic mass is 9.83. The average Bonchev–Trinajstić information content (AvgIpc) is 3.09. The van der Waals surface area contributed by atoms with Gasteiger partial charge in [-0.25, -0.2) is 0 Å². The van der Waals surface area contributed by atoms with Gasteiger partial charge in [-0.1, -0.05) is 35.9 Å². The van der Waals surface area contributed by atoms with Gasteiger partial charge >= 0.3 is 0 Å². The van der Waals surface area contributed by atoms with Crippen LogP contribution in [0.15, 0.2) is 42.5 Å². The molecule has 0 radical (unpaired) electrons. The fourth-order valence-electron chi connectivity index (χ4n) is 4.99. The Kier molecular flexibility index (Phi) is 6.59. The van der Waals surface area contributed by atoms with Crippen LogP contribution >= 0.6 is 11.6 Å². The maximum absolute atomic E-state index is 13.1. The highest BCUT2D eigenvalue weighted by molar-refractivity contribution is 6.31. The zero-order valence-electron chi connectivity index (χ0n) is 18.7. The molecule has 1 atom stereocenters. The van der Waals surface area contributed by atoms with Crippen molar-refractivity contribution in [1.82, 2.24) is 4.90 Å². The van der Waals surface area contributed by atoms with Crippen molar-refractivity contribution < 1.29 is 14.7 Å². The summed E-state index contributed by atoms with van der Waals surface area (Å²) in [7, 11) is 0. The fourth-order valence-corrected chi connectivity index (χ4v) is 5.25. The van der Waals surface area contributed by atoms with Crippen LogP contribution in [0.1, 0.15) is 51.5 Å². The van der Waals surface area contributed by atoms with E-state index in [0.717, 1.165) is 61.0 Å². The zero-order chi connectivity index (χ0) is 22.9. The molecule has 1 saturated carbocycles. The molecule has 1 aliphatic carbocycles. The van der Waals surface area contributed by atoms with Crippen molar-refractivity contribution in [2.75, 3.05) is 11.9 Å². The summed E-state index contributed by atoms with van der Waals surface area (Å²) in [5.74, 6) is 0.0768. The first kappa shape index (κ1) is 22.8. The minimum Gasteiger partial charge on any atom is -0.390 e. The first-order valence-corrected chi connectivity index (χ1v) is 11.8. The summed E-state index contributed by atoms with van der Waals surface area (Å²) in [6, 6.07) is 13.9. The topological polar surface area (TPSA) is 69.6 Å². The van der Waals surface area contributed by atoms with E-state index in [-0.39, 0.29) is 23.8 Å². The van der Waals surface area contributed by atoms with Gasteiger partial charge < -0.3 is 15.3 Å². The number of carbonyl (C=O) groups excluding carboxylic acids is 2. The van der Waals surface area contributed by atoms with Crippen LogP contribution in [0.5, 0.6) is 0 Å². The smallest absolute Gasteiger partial charge is 0.226 e. The van der Waals surface area contributed by atoms with Gasteiger partial charge in [-0.3, -0.25) is 9.59 Å². The van der Waals surface area contributed by atoms with Crippen LogP contribution in [-0.4, -0.2) is 40.0 Å². The molecule has 0 bridgehead atoms. The molecule has 5 nitrogen and oxygen atoms in total. The molecule has 4 rings (SSSR count). The number of nitrogens with one attached hydrogen (secondary N) is 1. The van der Waals surface area contributed by atoms with E-state index < -0.39 is 5.60 Å². The van der Waals surface area contributed by atoms with Crippen LogP contribution in [0.3, 0.4) is 0 Å². The van der Waals surface area contributed by atoms with E-state index in [1.165, 1.54) is 6.92 Å². The van der Waals surface area contributed by atoms with E-state index in [9.17, 15) is 14.7 Å². The summed E-state index contributed by atoms with van der Waals surface area (Å²) in [6.07, 6.45) is 4.75. The highest BCUT2D eigenvalue weighted by atomic mass is 35.5. The van der Waals surface area contributed by atoms with E-state index in [2.05, 4.69) is 5.32 Å². The lowest BCUT2D eigenvalue weighted by Crippen LogP contribution is -2.43. The summed E-state index contributed by atoms with van der Waals surface area (Å²) >= 11 is 6.62. The monoisotopic (exact) mass is 454 g/mol. The van der Waals surface area contributed by atoms with E-state index in [1.807, 2.05) is 54.3 Å². The SMILES string of the molecule is CC(=O)Nc1cccc(-c2ccc(CC3CCN(C4CCC(C)(O)CC4)C3=O)c(Cl)c2)c1. The number of halogens is 1. The zero-order valence-corrected chi connectivity index (χ0v) is 19.5. The van der Waals surface area contributed by atoms with Gasteiger partial charge in [0.05, 0.1) is 5.60 Å². The maximum atomic E-state index is 13.1. The van der Waals surface area contributed by atoms with Crippen LogP contribution < -0.4 is 5.32 Å². The third kappa shape index (κ3) is 5.16. The normalized spacial score (nSPS) is 25.8. The molecular formula is C26H31ClN2O3. The van der Waals surface area contributed by atoms with Crippen molar-refractivity contribution in [3.63, 3.8) is 0 Å². The predicted molar refractivity (Wildman–Crippen MR) is 128 cm³/mol. The Hall–Kier alpha value is -2.37. The molecule has 2 aromatic carbocycles. The van der Waals surface area contributed by atoms with Crippen molar-refractivity contribution in [3.8, 4) is 11.1 Å². The highest BCUT2D eigenvalue weighted by Gasteiger charge is 2.39. The second-order valence-electron chi connectivity index (χ2n) is 9.52. The summed E-state index contributed by atoms with van der Waals surface area (Å²) in [6.45, 7) is 4.17. The lowest BCUT2D eigenvalue weighted by Gasteiger charge is -2.37. The summed E-state index contributed by atoms with van der Waals surface area (Å²) in [5.41, 5.74) is 3.09. The molecule has 1 unspecified atom stereocenters. The Bertz CT molecular complexity index is 1010. The average molecular weight is 455 g/mol. The van der Waals surface area contributed by atoms with Gasteiger partial charge in [-0.05, 0) is 80.3 Å². The quantitative estimate of drug-likeness (QED) is 0.664. The Morgan fingerprint density at radius 1 is 1.16 bits per heavy atom. The van der Waals surface area contributed by atoms with E-state index >= 15 is 0 Å². The third-order valence-electron chi connectivity index (χ3n) is 6.86. The van der Waals surface area contributed by atoms with Gasteiger partial charge in [0, 0.05) is 36.1 Å². The van der Waals surface area contributed by atoms with Gasteiger partial charge in [0.2, 0.25) is 11.8 Å². The third-order valence-corrected chi connectivity index (χ3v) is 7.21. The number of amides is 2. The lowest BCUT2D eigenvalue weighted by molar-refractivity contribution is -0.134. The minimum atomic E-state index is -0.588. The van der Waals surface area contributed by atoms with Gasteiger partial charge in [0.25, 0.3) is 0 Å². The van der Waals surface area contributed by atoms with E-state index in [1.54, 1.807) is 0 Å². The number of rotatable bonds is 5. The van der Waals surface area contributed by atoms with Crippen molar-refractivity contribution >= 4 is 29.1 Å². The molecule has 2 fully saturated rings. The second-order valence-corrected chi connectivity index (χ2v) is 9.92. The minimum absolute atomic E-state index is 0.0381. The molecule has 2 aliphatic rings. The van der Waals surface area contributed by atoms with Crippen LogP contribution in [0, 0.1) is 5.92 Å². The molecular weight excluding hydrogens is 424 g/mol. The standard InChI is InChI=1S/C26H31ClN2O3/c1-17(30)28-22-5-3-4-18(15-22)19-6-7-20(24(27)16-19)14-21-10-13-29(25(21)31)23-8-11-26(2,32)12-9-23/h3-7,15-16,21,23,32H,8-14H2,1-2H3,(H,28,30). The number of aliphatic hydroxyl groups is 1. The maximum Gasteiger partial charge on any atom is 0.226 e. The first-order chi connectivity index (χ1) is 15.2. The molecule has 1 aliphatic heterocycles. The Labute approximate surface area is 194 Å². The van der Waals surface area contributed by atoms with Crippen LogP contribution in [-0.2, 0) is 16.0 Å². The summed E-state index contributed by atoms with van der Waals surface area (Å²) < 4.78 is 0. The van der Waals surface area contributed by atoms with Crippen LogP contribution in [0.25, 0.3) is 11.1 Å². The Morgan fingerprint density at radius 2 is 1.88 bits per heavy atom. The van der Waals surface area contributed by atoms with Crippen LogP contribution in [0.4, 0.5) is 5.69 Å². The Morgan fingerprint density at radius 3 is 2.56 bits per heavy atom. The van der Waals surface area contributed by atoms with E-state index in [0.29, 0.717) is 11.4 Å². The van der Waals surface area contributed by atoms with Crippen molar-refractivity contribution in [1.29, 1.82) is 0 Å². The van der Waals surface area contributed by atoms with Crippen molar-refractivity contribution in [2.45, 2.75) is 64.0 Å². The van der Waals surface area contributed by atoms with Crippen LogP contribution in [0.2, 0.25) is 5.02 Å². The predicted octanol–water partition coefficient (Wildman–Crippen LogP) is 5.05. The van der Waals surface area contributed by atoms with Gasteiger partial charge in [0.15, 0.2) is 0 Å². The number of nitrogens with zero attached hydrogens (tertiary/aromatic N) is 1. The van der Waals surface area contributed by atoms with E-state index in [4.69, 9.17) is 11.6 Å². The summed E-state index contributed by atoms with van der Waals surface area (Å²) in [5, 5.41) is 13.7. The molecule has 1 heterocycles. The molecule has 2 N–H and O–H groups in total. The molecule has 2 aromatic rings. The molecule has 170 valence electrons. The fraction of sp³-hybridized carbons (Fsp3) is 0.462. The highest BCUT2D eigenvalue weighted by Crippen LogP contribution is 2.35. The second kappa shape index (κ2) is 9.24.